The summed E-state index contributed by atoms with van der Waals surface area (Å²) in [5.41, 5.74) is 2.58. The molecule has 1 unspecified atom stereocenters. The van der Waals surface area contributed by atoms with Crippen LogP contribution in [0.2, 0.25) is 0 Å². The maximum Gasteiger partial charge on any atom is 0.0963 e. The monoisotopic (exact) mass is 252 g/mol. The summed E-state index contributed by atoms with van der Waals surface area (Å²) < 4.78 is 0. The number of hydrogen-bond acceptors (Lipinski definition) is 1. The molecule has 0 N–H and O–H groups in total. The molecule has 1 aromatic carbocycles. The number of nitrogens with zero attached hydrogens (tertiary/aromatic N) is 1. The third-order valence-electron chi connectivity index (χ3n) is 3.16. The van der Waals surface area contributed by atoms with E-state index in [-0.39, 0.29) is 0 Å². The first kappa shape index (κ1) is 11.4. The zero-order valence-corrected chi connectivity index (χ0v) is 11.1. The Balaban J connectivity index is 1.79. The molecule has 3 rings (SSSR count). The van der Waals surface area contributed by atoms with Crippen molar-refractivity contribution in [3.05, 3.63) is 78.4 Å². The van der Waals surface area contributed by atoms with Gasteiger partial charge in [-0.25, -0.2) is 0 Å². The van der Waals surface area contributed by atoms with Crippen LogP contribution < -0.4 is 5.30 Å². The molecule has 0 amide bonds. The minimum atomic E-state index is -0.538. The summed E-state index contributed by atoms with van der Waals surface area (Å²) in [6.45, 7) is 0. The summed E-state index contributed by atoms with van der Waals surface area (Å²) >= 11 is 0. The molecular formula is C16H15NP+. The first-order chi connectivity index (χ1) is 8.93. The van der Waals surface area contributed by atoms with Crippen molar-refractivity contribution >= 4 is 18.8 Å². The maximum atomic E-state index is 4.06. The normalized spacial score (nSPS) is 18.4. The van der Waals surface area contributed by atoms with Crippen molar-refractivity contribution in [1.29, 1.82) is 0 Å². The SMILES string of the molecule is C1=C[PH+](c2ccccc2)CC=C1c1ccncc1. The van der Waals surface area contributed by atoms with E-state index in [2.05, 4.69) is 65.4 Å². The Kier molecular flexibility index (Phi) is 3.34. The van der Waals surface area contributed by atoms with E-state index in [1.54, 1.807) is 0 Å². The largest absolute Gasteiger partial charge is 0.265 e. The average molecular weight is 252 g/mol. The molecule has 0 saturated heterocycles. The van der Waals surface area contributed by atoms with Crippen molar-refractivity contribution < 1.29 is 0 Å². The van der Waals surface area contributed by atoms with Gasteiger partial charge in [-0.2, -0.15) is 0 Å². The van der Waals surface area contributed by atoms with Gasteiger partial charge in [0.25, 0.3) is 0 Å². The molecule has 1 aliphatic rings. The zero-order valence-electron chi connectivity index (χ0n) is 10.1. The van der Waals surface area contributed by atoms with E-state index in [1.165, 1.54) is 22.6 Å². The fraction of sp³-hybridized carbons (Fsp3) is 0.0625. The predicted molar refractivity (Wildman–Crippen MR) is 80.6 cm³/mol. The fourth-order valence-corrected chi connectivity index (χ4v) is 4.18. The molecule has 18 heavy (non-hydrogen) atoms. The van der Waals surface area contributed by atoms with Gasteiger partial charge in [-0.3, -0.25) is 4.98 Å². The van der Waals surface area contributed by atoms with E-state index < -0.39 is 7.92 Å². The van der Waals surface area contributed by atoms with Crippen LogP contribution in [0, 0.1) is 0 Å². The lowest BCUT2D eigenvalue weighted by molar-refractivity contribution is 1.32. The second-order valence-corrected chi connectivity index (χ2v) is 6.69. The van der Waals surface area contributed by atoms with E-state index in [9.17, 15) is 0 Å². The highest BCUT2D eigenvalue weighted by Gasteiger charge is 2.18. The van der Waals surface area contributed by atoms with E-state index in [1.807, 2.05) is 12.4 Å². The average Bonchev–Trinajstić information content (AvgIpc) is 2.49. The van der Waals surface area contributed by atoms with Crippen LogP contribution in [-0.2, 0) is 0 Å². The van der Waals surface area contributed by atoms with Crippen LogP contribution in [0.4, 0.5) is 0 Å². The van der Waals surface area contributed by atoms with Crippen LogP contribution in [0.5, 0.6) is 0 Å². The Labute approximate surface area is 109 Å². The summed E-state index contributed by atoms with van der Waals surface area (Å²) in [5, 5.41) is 1.49. The van der Waals surface area contributed by atoms with Crippen molar-refractivity contribution in [1.82, 2.24) is 4.98 Å². The molecule has 2 heterocycles. The van der Waals surface area contributed by atoms with Gasteiger partial charge in [-0.1, -0.05) is 18.2 Å². The second-order valence-electron chi connectivity index (χ2n) is 4.32. The van der Waals surface area contributed by atoms with Gasteiger partial charge in [0.05, 0.1) is 25.2 Å². The molecule has 0 saturated carbocycles. The molecular weight excluding hydrogens is 237 g/mol. The number of hydrogen-bond donors (Lipinski definition) is 0. The van der Waals surface area contributed by atoms with Gasteiger partial charge in [0, 0.05) is 12.4 Å². The number of allylic oxidation sites excluding steroid dienone is 3. The summed E-state index contributed by atoms with van der Waals surface area (Å²) in [4.78, 5) is 4.06. The molecule has 0 fully saturated rings. The molecule has 1 aliphatic heterocycles. The van der Waals surface area contributed by atoms with E-state index in [0.29, 0.717) is 0 Å². The Morgan fingerprint density at radius 1 is 0.944 bits per heavy atom. The maximum absolute atomic E-state index is 4.06. The molecule has 1 atom stereocenters. The minimum absolute atomic E-state index is 0.538. The smallest absolute Gasteiger partial charge is 0.0963 e. The summed E-state index contributed by atoms with van der Waals surface area (Å²) in [5.74, 6) is 2.40. The molecule has 1 aromatic heterocycles. The summed E-state index contributed by atoms with van der Waals surface area (Å²) in [6.07, 6.45) is 9.49. The molecule has 88 valence electrons. The quantitative estimate of drug-likeness (QED) is 0.745. The third kappa shape index (κ3) is 2.42. The molecule has 0 bridgehead atoms. The van der Waals surface area contributed by atoms with Gasteiger partial charge >= 0.3 is 0 Å². The van der Waals surface area contributed by atoms with Crippen molar-refractivity contribution in [2.45, 2.75) is 0 Å². The number of aromatic nitrogens is 1. The predicted octanol–water partition coefficient (Wildman–Crippen LogP) is 3.53. The highest BCUT2D eigenvalue weighted by atomic mass is 31.1. The Morgan fingerprint density at radius 3 is 2.39 bits per heavy atom. The molecule has 2 aromatic rings. The van der Waals surface area contributed by atoms with Gasteiger partial charge in [-0.05, 0) is 47.6 Å². The van der Waals surface area contributed by atoms with E-state index in [0.717, 1.165) is 0 Å². The molecule has 0 spiro atoms. The molecule has 2 heteroatoms. The highest BCUT2D eigenvalue weighted by Crippen LogP contribution is 2.41. The van der Waals surface area contributed by atoms with Crippen LogP contribution >= 0.6 is 7.92 Å². The van der Waals surface area contributed by atoms with Crippen LogP contribution in [0.25, 0.3) is 5.57 Å². The first-order valence-electron chi connectivity index (χ1n) is 6.13. The molecule has 0 aliphatic carbocycles. The molecule has 1 nitrogen and oxygen atoms in total. The van der Waals surface area contributed by atoms with E-state index in [4.69, 9.17) is 0 Å². The highest BCUT2D eigenvalue weighted by molar-refractivity contribution is 7.68. The Morgan fingerprint density at radius 2 is 1.72 bits per heavy atom. The molecule has 0 radical (unpaired) electrons. The first-order valence-corrected chi connectivity index (χ1v) is 7.92. The van der Waals surface area contributed by atoms with Gasteiger partial charge in [0.1, 0.15) is 0 Å². The van der Waals surface area contributed by atoms with Gasteiger partial charge in [0.15, 0.2) is 0 Å². The van der Waals surface area contributed by atoms with Crippen LogP contribution in [0.1, 0.15) is 5.56 Å². The fourth-order valence-electron chi connectivity index (χ4n) is 2.17. The number of rotatable bonds is 2. The Bertz CT molecular complexity index is 573. The second kappa shape index (κ2) is 5.29. The zero-order chi connectivity index (χ0) is 12.2. The van der Waals surface area contributed by atoms with Crippen molar-refractivity contribution in [2.75, 3.05) is 6.16 Å². The number of benzene rings is 1. The third-order valence-corrected chi connectivity index (χ3v) is 5.45. The standard InChI is InChI=1S/C16H14NP/c1-2-4-16(5-3-1)18-12-8-15(9-13-18)14-6-10-17-11-7-14/h1-12H,13H2/p+1. The van der Waals surface area contributed by atoms with Crippen molar-refractivity contribution in [2.24, 2.45) is 0 Å². The summed E-state index contributed by atoms with van der Waals surface area (Å²) in [7, 11) is -0.538. The van der Waals surface area contributed by atoms with Gasteiger partial charge in [-0.15, -0.1) is 0 Å². The number of pyridine rings is 1. The lowest BCUT2D eigenvalue weighted by Gasteiger charge is -2.10. The lowest BCUT2D eigenvalue weighted by Crippen LogP contribution is -2.02. The lowest BCUT2D eigenvalue weighted by atomic mass is 10.1. The van der Waals surface area contributed by atoms with Crippen LogP contribution in [0.3, 0.4) is 0 Å². The van der Waals surface area contributed by atoms with Gasteiger partial charge < -0.3 is 0 Å². The van der Waals surface area contributed by atoms with Gasteiger partial charge in [0.2, 0.25) is 0 Å². The van der Waals surface area contributed by atoms with Crippen LogP contribution in [-0.4, -0.2) is 11.1 Å². The van der Waals surface area contributed by atoms with Crippen LogP contribution in [0.15, 0.2) is 72.8 Å². The summed E-state index contributed by atoms with van der Waals surface area (Å²) in [6, 6.07) is 14.9. The van der Waals surface area contributed by atoms with Crippen molar-refractivity contribution in [3.8, 4) is 0 Å². The Hall–Kier alpha value is -1.72. The topological polar surface area (TPSA) is 12.9 Å². The van der Waals surface area contributed by atoms with Crippen molar-refractivity contribution in [3.63, 3.8) is 0 Å². The van der Waals surface area contributed by atoms with E-state index >= 15 is 0 Å². The minimum Gasteiger partial charge on any atom is -0.265 e.